The number of aliphatic hydroxyl groups is 1. The van der Waals surface area contributed by atoms with Gasteiger partial charge in [0.05, 0.1) is 6.10 Å². The molecule has 1 unspecified atom stereocenters. The average molecular weight is 172 g/mol. The van der Waals surface area contributed by atoms with Crippen molar-refractivity contribution in [2.75, 3.05) is 0 Å². The second-order valence-corrected chi connectivity index (χ2v) is 2.79. The highest BCUT2D eigenvalue weighted by molar-refractivity contribution is 5.19. The predicted octanol–water partition coefficient (Wildman–Crippen LogP) is 1.89. The van der Waals surface area contributed by atoms with Gasteiger partial charge in [-0.3, -0.25) is 0 Å². The van der Waals surface area contributed by atoms with Gasteiger partial charge < -0.3 is 5.11 Å². The molecule has 0 radical (unpaired) electrons. The summed E-state index contributed by atoms with van der Waals surface area (Å²) < 4.78 is 25.2. The lowest BCUT2D eigenvalue weighted by molar-refractivity contribution is 0.194. The summed E-state index contributed by atoms with van der Waals surface area (Å²) in [7, 11) is 0. The van der Waals surface area contributed by atoms with E-state index in [1.165, 1.54) is 12.1 Å². The molecule has 1 aromatic rings. The van der Waals surface area contributed by atoms with E-state index < -0.39 is 17.7 Å². The minimum atomic E-state index is -0.607. The molecule has 0 aliphatic heterocycles. The molecule has 0 aliphatic carbocycles. The Balaban J connectivity index is 2.86. The van der Waals surface area contributed by atoms with Gasteiger partial charge in [-0.05, 0) is 18.6 Å². The van der Waals surface area contributed by atoms with Gasteiger partial charge in [0.15, 0.2) is 0 Å². The van der Waals surface area contributed by atoms with Crippen molar-refractivity contribution in [2.24, 2.45) is 0 Å². The predicted molar refractivity (Wildman–Crippen MR) is 41.7 cm³/mol. The second kappa shape index (κ2) is 3.63. The zero-order valence-electron chi connectivity index (χ0n) is 6.72. The zero-order valence-corrected chi connectivity index (χ0v) is 6.72. The Morgan fingerprint density at radius 1 is 1.42 bits per heavy atom. The Morgan fingerprint density at radius 2 is 2.08 bits per heavy atom. The molecule has 0 spiro atoms. The Hall–Kier alpha value is -0.960. The van der Waals surface area contributed by atoms with E-state index in [0.29, 0.717) is 5.56 Å². The van der Waals surface area contributed by atoms with E-state index in [4.69, 9.17) is 5.11 Å². The summed E-state index contributed by atoms with van der Waals surface area (Å²) in [5.74, 6) is -1.20. The molecule has 0 aromatic heterocycles. The maximum Gasteiger partial charge on any atom is 0.129 e. The fourth-order valence-corrected chi connectivity index (χ4v) is 1.01. The number of aliphatic hydroxyl groups excluding tert-OH is 1. The van der Waals surface area contributed by atoms with E-state index in [2.05, 4.69) is 0 Å². The number of rotatable bonds is 2. The van der Waals surface area contributed by atoms with Crippen LogP contribution in [0.5, 0.6) is 0 Å². The van der Waals surface area contributed by atoms with Crippen molar-refractivity contribution < 1.29 is 13.9 Å². The molecule has 3 heteroatoms. The third-order valence-electron chi connectivity index (χ3n) is 1.53. The van der Waals surface area contributed by atoms with Gasteiger partial charge in [-0.25, -0.2) is 8.78 Å². The molecule has 0 aliphatic rings. The van der Waals surface area contributed by atoms with Crippen molar-refractivity contribution in [1.82, 2.24) is 0 Å². The van der Waals surface area contributed by atoms with Crippen molar-refractivity contribution in [3.05, 3.63) is 35.4 Å². The second-order valence-electron chi connectivity index (χ2n) is 2.79. The molecule has 0 saturated heterocycles. The zero-order chi connectivity index (χ0) is 9.14. The van der Waals surface area contributed by atoms with Gasteiger partial charge in [0, 0.05) is 12.5 Å². The molecule has 66 valence electrons. The molecule has 1 aromatic carbocycles. The van der Waals surface area contributed by atoms with Crippen molar-refractivity contribution >= 4 is 0 Å². The van der Waals surface area contributed by atoms with Crippen molar-refractivity contribution in [3.8, 4) is 0 Å². The summed E-state index contributed by atoms with van der Waals surface area (Å²) >= 11 is 0. The molecule has 0 amide bonds. The van der Waals surface area contributed by atoms with E-state index in [0.717, 1.165) is 6.07 Å². The van der Waals surface area contributed by atoms with E-state index in [1.54, 1.807) is 6.92 Å². The normalized spacial score (nSPS) is 13.0. The van der Waals surface area contributed by atoms with Crippen LogP contribution >= 0.6 is 0 Å². The van der Waals surface area contributed by atoms with Crippen LogP contribution in [0.2, 0.25) is 0 Å². The smallest absolute Gasteiger partial charge is 0.129 e. The topological polar surface area (TPSA) is 20.2 Å². The molecule has 1 nitrogen and oxygen atoms in total. The molecular formula is C9H10F2O. The Kier molecular flexibility index (Phi) is 2.76. The first-order valence-electron chi connectivity index (χ1n) is 3.71. The van der Waals surface area contributed by atoms with Crippen molar-refractivity contribution in [3.63, 3.8) is 0 Å². The summed E-state index contributed by atoms with van der Waals surface area (Å²) in [4.78, 5) is 0. The highest BCUT2D eigenvalue weighted by Crippen LogP contribution is 2.11. The molecule has 1 N–H and O–H groups in total. The first kappa shape index (κ1) is 9.13. The van der Waals surface area contributed by atoms with Crippen LogP contribution in [-0.2, 0) is 6.42 Å². The van der Waals surface area contributed by atoms with Crippen molar-refractivity contribution in [1.29, 1.82) is 0 Å². The molecule has 12 heavy (non-hydrogen) atoms. The summed E-state index contributed by atoms with van der Waals surface area (Å²) in [6, 6.07) is 3.34. The van der Waals surface area contributed by atoms with Crippen LogP contribution in [0.15, 0.2) is 18.2 Å². The van der Waals surface area contributed by atoms with Crippen LogP contribution in [-0.4, -0.2) is 11.2 Å². The van der Waals surface area contributed by atoms with Gasteiger partial charge >= 0.3 is 0 Å². The summed E-state index contributed by atoms with van der Waals surface area (Å²) in [5, 5.41) is 8.94. The Morgan fingerprint density at radius 3 is 2.58 bits per heavy atom. The van der Waals surface area contributed by atoms with Gasteiger partial charge in [0.25, 0.3) is 0 Å². The fourth-order valence-electron chi connectivity index (χ4n) is 1.01. The molecular weight excluding hydrogens is 162 g/mol. The maximum atomic E-state index is 12.9. The fraction of sp³-hybridized carbons (Fsp3) is 0.333. The minimum absolute atomic E-state index is 0.214. The molecule has 0 fully saturated rings. The van der Waals surface area contributed by atoms with Gasteiger partial charge in [0.2, 0.25) is 0 Å². The van der Waals surface area contributed by atoms with Gasteiger partial charge in [0.1, 0.15) is 11.6 Å². The van der Waals surface area contributed by atoms with E-state index in [-0.39, 0.29) is 6.42 Å². The Bertz CT molecular complexity index is 271. The molecule has 0 saturated carbocycles. The molecule has 0 bridgehead atoms. The van der Waals surface area contributed by atoms with Crippen LogP contribution in [0.4, 0.5) is 8.78 Å². The molecule has 1 rings (SSSR count). The first-order chi connectivity index (χ1) is 5.59. The average Bonchev–Trinajstić information content (AvgIpc) is 1.94. The van der Waals surface area contributed by atoms with Gasteiger partial charge in [-0.1, -0.05) is 6.07 Å². The molecule has 0 heterocycles. The minimum Gasteiger partial charge on any atom is -0.393 e. The lowest BCUT2D eigenvalue weighted by Crippen LogP contribution is -2.06. The quantitative estimate of drug-likeness (QED) is 0.722. The summed E-state index contributed by atoms with van der Waals surface area (Å²) in [6.07, 6.45) is -0.392. The van der Waals surface area contributed by atoms with Gasteiger partial charge in [-0.15, -0.1) is 0 Å². The Labute approximate surface area is 69.7 Å². The number of hydrogen-bond acceptors (Lipinski definition) is 1. The number of benzene rings is 1. The van der Waals surface area contributed by atoms with E-state index in [1.807, 2.05) is 0 Å². The number of halogens is 2. The lowest BCUT2D eigenvalue weighted by atomic mass is 10.1. The van der Waals surface area contributed by atoms with E-state index >= 15 is 0 Å². The largest absolute Gasteiger partial charge is 0.393 e. The summed E-state index contributed by atoms with van der Waals surface area (Å²) in [6.45, 7) is 1.56. The van der Waals surface area contributed by atoms with E-state index in [9.17, 15) is 8.78 Å². The van der Waals surface area contributed by atoms with Crippen LogP contribution < -0.4 is 0 Å². The highest BCUT2D eigenvalue weighted by Gasteiger charge is 2.05. The molecule has 1 atom stereocenters. The third-order valence-corrected chi connectivity index (χ3v) is 1.53. The summed E-state index contributed by atoms with van der Waals surface area (Å²) in [5.41, 5.74) is 0.339. The van der Waals surface area contributed by atoms with Crippen LogP contribution in [0.1, 0.15) is 12.5 Å². The lowest BCUT2D eigenvalue weighted by Gasteiger charge is -2.04. The standard InChI is InChI=1S/C9H10F2O/c1-6(12)4-7-2-3-8(10)5-9(7)11/h2-3,5-6,12H,4H2,1H3. The third kappa shape index (κ3) is 2.27. The highest BCUT2D eigenvalue weighted by atomic mass is 19.1. The monoisotopic (exact) mass is 172 g/mol. The number of hydrogen-bond donors (Lipinski definition) is 1. The van der Waals surface area contributed by atoms with Crippen LogP contribution in [0.3, 0.4) is 0 Å². The van der Waals surface area contributed by atoms with Crippen molar-refractivity contribution in [2.45, 2.75) is 19.4 Å². The first-order valence-corrected chi connectivity index (χ1v) is 3.71. The van der Waals surface area contributed by atoms with Gasteiger partial charge in [-0.2, -0.15) is 0 Å². The SMILES string of the molecule is CC(O)Cc1ccc(F)cc1F. The van der Waals surface area contributed by atoms with Crippen LogP contribution in [0.25, 0.3) is 0 Å². The maximum absolute atomic E-state index is 12.9. The van der Waals surface area contributed by atoms with Crippen LogP contribution in [0, 0.1) is 11.6 Å².